The van der Waals surface area contributed by atoms with Crippen LogP contribution in [0.15, 0.2) is 30.3 Å². The Labute approximate surface area is 137 Å². The number of hydrogen-bond acceptors (Lipinski definition) is 5. The van der Waals surface area contributed by atoms with E-state index in [0.717, 1.165) is 36.4 Å². The molecule has 0 atom stereocenters. The molecule has 0 radical (unpaired) electrons. The molecule has 1 amide bonds. The Balaban J connectivity index is 1.66. The number of carboxylic acids is 1. The summed E-state index contributed by atoms with van der Waals surface area (Å²) in [6.45, 7) is 0.128. The van der Waals surface area contributed by atoms with Gasteiger partial charge in [0.25, 0.3) is 0 Å². The molecule has 7 heteroatoms. The molecule has 1 aromatic heterocycles. The minimum atomic E-state index is -1.07. The quantitative estimate of drug-likeness (QED) is 0.868. The summed E-state index contributed by atoms with van der Waals surface area (Å²) in [4.78, 5) is 23.4. The lowest BCUT2D eigenvalue weighted by molar-refractivity contribution is 0.0695. The van der Waals surface area contributed by atoms with Crippen molar-refractivity contribution in [2.45, 2.75) is 31.8 Å². The molecule has 0 aliphatic heterocycles. The lowest BCUT2D eigenvalue weighted by Crippen LogP contribution is -2.17. The number of hydrogen-bond donors (Lipinski definition) is 2. The van der Waals surface area contributed by atoms with Gasteiger partial charge in [-0.1, -0.05) is 36.8 Å². The van der Waals surface area contributed by atoms with Crippen LogP contribution in [-0.2, 0) is 11.3 Å². The third kappa shape index (κ3) is 3.50. The summed E-state index contributed by atoms with van der Waals surface area (Å²) in [6.07, 6.45) is 2.30. The second kappa shape index (κ2) is 6.78. The van der Waals surface area contributed by atoms with Crippen LogP contribution in [-0.4, -0.2) is 21.5 Å². The first-order chi connectivity index (χ1) is 11.1. The van der Waals surface area contributed by atoms with Crippen molar-refractivity contribution in [3.63, 3.8) is 0 Å². The van der Waals surface area contributed by atoms with Crippen molar-refractivity contribution < 1.29 is 19.4 Å². The summed E-state index contributed by atoms with van der Waals surface area (Å²) >= 11 is 0.989. The first kappa shape index (κ1) is 15.5. The Morgan fingerprint density at radius 1 is 1.30 bits per heavy atom. The molecule has 2 aromatic rings. The highest BCUT2D eigenvalue weighted by Gasteiger charge is 2.30. The molecule has 0 bridgehead atoms. The fourth-order valence-corrected chi connectivity index (χ4v) is 3.25. The highest BCUT2D eigenvalue weighted by Crippen LogP contribution is 2.40. The van der Waals surface area contributed by atoms with Crippen molar-refractivity contribution in [1.29, 1.82) is 0 Å². The number of anilines is 1. The predicted octanol–water partition coefficient (Wildman–Crippen LogP) is 3.86. The van der Waals surface area contributed by atoms with Gasteiger partial charge in [0, 0.05) is 5.92 Å². The second-order valence-electron chi connectivity index (χ2n) is 5.39. The van der Waals surface area contributed by atoms with Crippen LogP contribution < -0.4 is 5.32 Å². The Morgan fingerprint density at radius 2 is 2.04 bits per heavy atom. The average Bonchev–Trinajstić information content (AvgIpc) is 2.88. The molecule has 0 saturated heterocycles. The number of benzene rings is 1. The maximum atomic E-state index is 11.9. The summed E-state index contributed by atoms with van der Waals surface area (Å²) in [5, 5.41) is 12.1. The molecule has 2 N–H and O–H groups in total. The summed E-state index contributed by atoms with van der Waals surface area (Å²) in [6, 6.07) is 9.27. The van der Waals surface area contributed by atoms with Gasteiger partial charge in [0.1, 0.15) is 17.2 Å². The molecular formula is C16H16N2O4S. The molecule has 1 aliphatic rings. The third-order valence-corrected chi connectivity index (χ3v) is 4.63. The van der Waals surface area contributed by atoms with E-state index in [4.69, 9.17) is 4.74 Å². The molecule has 0 unspecified atom stereocenters. The predicted molar refractivity (Wildman–Crippen MR) is 85.9 cm³/mol. The number of carbonyl (C=O) groups excluding carboxylic acids is 1. The van der Waals surface area contributed by atoms with E-state index in [0.29, 0.717) is 5.69 Å². The summed E-state index contributed by atoms with van der Waals surface area (Å²) < 4.78 is 9.33. The van der Waals surface area contributed by atoms with Crippen LogP contribution in [0.1, 0.15) is 46.8 Å². The van der Waals surface area contributed by atoms with E-state index in [1.807, 2.05) is 30.3 Å². The molecule has 1 fully saturated rings. The maximum absolute atomic E-state index is 11.9. The van der Waals surface area contributed by atoms with Crippen molar-refractivity contribution in [2.24, 2.45) is 0 Å². The van der Waals surface area contributed by atoms with Gasteiger partial charge in [0.05, 0.1) is 5.69 Å². The standard InChI is InChI=1S/C16H16N2O4S/c19-15(20)12-13(11-7-4-8-11)18-23-14(12)17-16(21)22-9-10-5-2-1-3-6-10/h1-3,5-6,11H,4,7-9H2,(H,17,21)(H,19,20). The van der Waals surface area contributed by atoms with E-state index < -0.39 is 12.1 Å². The van der Waals surface area contributed by atoms with Gasteiger partial charge in [-0.25, -0.2) is 9.59 Å². The summed E-state index contributed by atoms with van der Waals surface area (Å²) in [7, 11) is 0. The lowest BCUT2D eigenvalue weighted by Gasteiger charge is -2.23. The minimum Gasteiger partial charge on any atom is -0.478 e. The van der Waals surface area contributed by atoms with Gasteiger partial charge in [-0.3, -0.25) is 5.32 Å². The molecule has 1 aliphatic carbocycles. The van der Waals surface area contributed by atoms with Crippen molar-refractivity contribution in [3.8, 4) is 0 Å². The van der Waals surface area contributed by atoms with Gasteiger partial charge >= 0.3 is 12.1 Å². The largest absolute Gasteiger partial charge is 0.478 e. The topological polar surface area (TPSA) is 88.5 Å². The zero-order valence-corrected chi connectivity index (χ0v) is 13.1. The molecule has 1 heterocycles. The third-order valence-electron chi connectivity index (χ3n) is 3.85. The van der Waals surface area contributed by atoms with Gasteiger partial charge < -0.3 is 9.84 Å². The lowest BCUT2D eigenvalue weighted by atomic mass is 9.81. The van der Waals surface area contributed by atoms with Gasteiger partial charge in [-0.2, -0.15) is 4.37 Å². The Bertz CT molecular complexity index is 710. The smallest absolute Gasteiger partial charge is 0.412 e. The monoisotopic (exact) mass is 332 g/mol. The van der Waals surface area contributed by atoms with Crippen molar-refractivity contribution in [1.82, 2.24) is 4.37 Å². The Morgan fingerprint density at radius 3 is 2.65 bits per heavy atom. The number of nitrogens with one attached hydrogen (secondary N) is 1. The fraction of sp³-hybridized carbons (Fsp3) is 0.312. The number of amides is 1. The molecule has 120 valence electrons. The zero-order chi connectivity index (χ0) is 16.2. The SMILES string of the molecule is O=C(Nc1snc(C2CCC2)c1C(=O)O)OCc1ccccc1. The number of carbonyl (C=O) groups is 2. The molecule has 6 nitrogen and oxygen atoms in total. The molecule has 3 rings (SSSR count). The van der Waals surface area contributed by atoms with Crippen LogP contribution in [0, 0.1) is 0 Å². The normalized spacial score (nSPS) is 14.1. The first-order valence-electron chi connectivity index (χ1n) is 7.35. The molecule has 1 aromatic carbocycles. The van der Waals surface area contributed by atoms with E-state index >= 15 is 0 Å². The van der Waals surface area contributed by atoms with Crippen LogP contribution in [0.2, 0.25) is 0 Å². The molecular weight excluding hydrogens is 316 g/mol. The van der Waals surface area contributed by atoms with E-state index in [1.165, 1.54) is 0 Å². The highest BCUT2D eigenvalue weighted by atomic mass is 32.1. The van der Waals surface area contributed by atoms with Crippen LogP contribution in [0.5, 0.6) is 0 Å². The van der Waals surface area contributed by atoms with E-state index in [2.05, 4.69) is 9.69 Å². The number of aromatic nitrogens is 1. The van der Waals surface area contributed by atoms with Gasteiger partial charge in [0.2, 0.25) is 0 Å². The van der Waals surface area contributed by atoms with Crippen LogP contribution in [0.4, 0.5) is 9.80 Å². The van der Waals surface area contributed by atoms with Crippen molar-refractivity contribution in [2.75, 3.05) is 5.32 Å². The summed E-state index contributed by atoms with van der Waals surface area (Å²) in [5.41, 5.74) is 1.53. The summed E-state index contributed by atoms with van der Waals surface area (Å²) in [5.74, 6) is -0.882. The second-order valence-corrected chi connectivity index (χ2v) is 6.17. The van der Waals surface area contributed by atoms with Crippen LogP contribution in [0.25, 0.3) is 0 Å². The number of nitrogens with zero attached hydrogens (tertiary/aromatic N) is 1. The van der Waals surface area contributed by atoms with Gasteiger partial charge in [0.15, 0.2) is 0 Å². The number of ether oxygens (including phenoxy) is 1. The molecule has 0 spiro atoms. The Hall–Kier alpha value is -2.41. The number of aromatic carboxylic acids is 1. The Kier molecular flexibility index (Phi) is 4.57. The molecule has 1 saturated carbocycles. The zero-order valence-electron chi connectivity index (χ0n) is 12.3. The van der Waals surface area contributed by atoms with Crippen molar-refractivity contribution in [3.05, 3.63) is 47.2 Å². The maximum Gasteiger partial charge on any atom is 0.412 e. The highest BCUT2D eigenvalue weighted by molar-refractivity contribution is 7.11. The fourth-order valence-electron chi connectivity index (χ4n) is 2.41. The minimum absolute atomic E-state index is 0.0939. The van der Waals surface area contributed by atoms with Crippen LogP contribution in [0.3, 0.4) is 0 Å². The van der Waals surface area contributed by atoms with Gasteiger partial charge in [-0.05, 0) is 29.9 Å². The molecule has 23 heavy (non-hydrogen) atoms. The van der Waals surface area contributed by atoms with E-state index in [-0.39, 0.29) is 23.1 Å². The van der Waals surface area contributed by atoms with Crippen LogP contribution >= 0.6 is 11.5 Å². The first-order valence-corrected chi connectivity index (χ1v) is 8.13. The number of rotatable bonds is 5. The van der Waals surface area contributed by atoms with E-state index in [9.17, 15) is 14.7 Å². The number of carboxylic acid groups (broad SMARTS) is 1. The van der Waals surface area contributed by atoms with Crippen molar-refractivity contribution >= 4 is 28.6 Å². The van der Waals surface area contributed by atoms with E-state index in [1.54, 1.807) is 0 Å². The van der Waals surface area contributed by atoms with Gasteiger partial charge in [-0.15, -0.1) is 0 Å². The average molecular weight is 332 g/mol.